The van der Waals surface area contributed by atoms with Gasteiger partial charge in [0.2, 0.25) is 5.91 Å². The number of aryl methyl sites for hydroxylation is 2. The van der Waals surface area contributed by atoms with Crippen molar-refractivity contribution in [1.29, 1.82) is 0 Å². The first kappa shape index (κ1) is 14.9. The molecule has 1 aromatic carbocycles. The second kappa shape index (κ2) is 5.64. The predicted molar refractivity (Wildman–Crippen MR) is 86.7 cm³/mol. The van der Waals surface area contributed by atoms with E-state index in [4.69, 9.17) is 4.42 Å². The van der Waals surface area contributed by atoms with Crippen LogP contribution in [0.2, 0.25) is 0 Å². The molecule has 0 atom stereocenters. The van der Waals surface area contributed by atoms with Crippen LogP contribution in [-0.4, -0.2) is 17.4 Å². The van der Waals surface area contributed by atoms with E-state index in [-0.39, 0.29) is 5.91 Å². The topological polar surface area (TPSA) is 33.5 Å². The van der Waals surface area contributed by atoms with Gasteiger partial charge in [-0.15, -0.1) is 0 Å². The van der Waals surface area contributed by atoms with Gasteiger partial charge in [0, 0.05) is 25.1 Å². The summed E-state index contributed by atoms with van der Waals surface area (Å²) in [7, 11) is 0. The first-order valence-corrected chi connectivity index (χ1v) is 7.90. The molecule has 0 aliphatic carbocycles. The van der Waals surface area contributed by atoms with Crippen molar-refractivity contribution in [2.75, 3.05) is 6.54 Å². The Hall–Kier alpha value is -2.03. The van der Waals surface area contributed by atoms with Crippen molar-refractivity contribution in [2.45, 2.75) is 45.6 Å². The highest BCUT2D eigenvalue weighted by molar-refractivity contribution is 5.87. The van der Waals surface area contributed by atoms with Gasteiger partial charge >= 0.3 is 0 Å². The van der Waals surface area contributed by atoms with E-state index in [2.05, 4.69) is 31.2 Å². The smallest absolute Gasteiger partial charge is 0.232 e. The lowest BCUT2D eigenvalue weighted by atomic mass is 9.82. The number of nitrogens with zero attached hydrogens (tertiary/aromatic N) is 1. The molecule has 1 aliphatic rings. The maximum Gasteiger partial charge on any atom is 0.232 e. The van der Waals surface area contributed by atoms with Crippen LogP contribution in [0.15, 0.2) is 41.0 Å². The minimum atomic E-state index is -0.512. The molecule has 1 aromatic heterocycles. The van der Waals surface area contributed by atoms with E-state index in [0.717, 1.165) is 36.3 Å². The first-order chi connectivity index (χ1) is 10.5. The Bertz CT molecular complexity index is 667. The first-order valence-electron chi connectivity index (χ1n) is 7.90. The molecule has 2 heterocycles. The molecule has 0 radical (unpaired) electrons. The quantitative estimate of drug-likeness (QED) is 0.844. The van der Waals surface area contributed by atoms with Gasteiger partial charge in [0.25, 0.3) is 0 Å². The van der Waals surface area contributed by atoms with Crippen molar-refractivity contribution in [2.24, 2.45) is 0 Å². The van der Waals surface area contributed by atoms with Crippen LogP contribution in [-0.2, 0) is 23.2 Å². The van der Waals surface area contributed by atoms with Crippen LogP contribution >= 0.6 is 0 Å². The summed E-state index contributed by atoms with van der Waals surface area (Å²) >= 11 is 0. The van der Waals surface area contributed by atoms with E-state index in [1.165, 1.54) is 5.56 Å². The van der Waals surface area contributed by atoms with Gasteiger partial charge in [-0.05, 0) is 38.8 Å². The maximum absolute atomic E-state index is 13.1. The average molecular weight is 297 g/mol. The van der Waals surface area contributed by atoms with Gasteiger partial charge < -0.3 is 9.32 Å². The molecular formula is C19H23NO2. The molecule has 3 nitrogen and oxygen atoms in total. The second-order valence-electron chi connectivity index (χ2n) is 6.69. The summed E-state index contributed by atoms with van der Waals surface area (Å²) in [6.07, 6.45) is 3.59. The average Bonchev–Trinajstić information content (AvgIpc) is 2.84. The summed E-state index contributed by atoms with van der Waals surface area (Å²) in [4.78, 5) is 15.1. The van der Waals surface area contributed by atoms with Gasteiger partial charge in [-0.25, -0.2) is 0 Å². The number of hydrogen-bond donors (Lipinski definition) is 0. The van der Waals surface area contributed by atoms with Crippen molar-refractivity contribution < 1.29 is 9.21 Å². The van der Waals surface area contributed by atoms with Gasteiger partial charge in [-0.3, -0.25) is 4.79 Å². The molecule has 0 unspecified atom stereocenters. The monoisotopic (exact) mass is 297 g/mol. The molecular weight excluding hydrogens is 274 g/mol. The summed E-state index contributed by atoms with van der Waals surface area (Å²) in [6.45, 7) is 7.54. The van der Waals surface area contributed by atoms with Crippen LogP contribution in [0, 0.1) is 6.92 Å². The number of rotatable bonds is 2. The molecule has 0 saturated carbocycles. The van der Waals surface area contributed by atoms with Crippen molar-refractivity contribution in [3.05, 3.63) is 59.0 Å². The lowest BCUT2D eigenvalue weighted by Crippen LogP contribution is -2.43. The van der Waals surface area contributed by atoms with E-state index in [9.17, 15) is 4.79 Å². The zero-order valence-corrected chi connectivity index (χ0v) is 13.6. The summed E-state index contributed by atoms with van der Waals surface area (Å²) in [5, 5.41) is 0. The minimum absolute atomic E-state index is 0.186. The molecule has 0 fully saturated rings. The SMILES string of the molecule is Cc1ccc(C(C)(C)C(=O)N2CCCc3occc3C2)cc1. The van der Waals surface area contributed by atoms with Gasteiger partial charge in [0.1, 0.15) is 5.76 Å². The molecule has 1 aliphatic heterocycles. The maximum atomic E-state index is 13.1. The Morgan fingerprint density at radius 2 is 1.91 bits per heavy atom. The molecule has 0 saturated heterocycles. The Morgan fingerprint density at radius 1 is 1.18 bits per heavy atom. The number of fused-ring (bicyclic) bond motifs is 1. The van der Waals surface area contributed by atoms with Crippen molar-refractivity contribution >= 4 is 5.91 Å². The molecule has 2 aromatic rings. The van der Waals surface area contributed by atoms with E-state index in [0.29, 0.717) is 6.54 Å². The number of furan rings is 1. The molecule has 0 spiro atoms. The Morgan fingerprint density at radius 3 is 2.64 bits per heavy atom. The van der Waals surface area contributed by atoms with Crippen molar-refractivity contribution in [3.63, 3.8) is 0 Å². The van der Waals surface area contributed by atoms with Crippen molar-refractivity contribution in [3.8, 4) is 0 Å². The number of carbonyl (C=O) groups excluding carboxylic acids is 1. The molecule has 0 N–H and O–H groups in total. The molecule has 116 valence electrons. The Kier molecular flexibility index (Phi) is 3.81. The fourth-order valence-corrected chi connectivity index (χ4v) is 3.10. The number of carbonyl (C=O) groups is 1. The molecule has 1 amide bonds. The van der Waals surface area contributed by atoms with E-state index in [1.54, 1.807) is 6.26 Å². The normalized spacial score (nSPS) is 15.3. The number of hydrogen-bond acceptors (Lipinski definition) is 2. The third-order valence-electron chi connectivity index (χ3n) is 4.63. The largest absolute Gasteiger partial charge is 0.469 e. The number of benzene rings is 1. The predicted octanol–water partition coefficient (Wildman–Crippen LogP) is 3.84. The zero-order valence-electron chi connectivity index (χ0n) is 13.6. The fourth-order valence-electron chi connectivity index (χ4n) is 3.10. The number of amides is 1. The van der Waals surface area contributed by atoms with Crippen LogP contribution in [0.25, 0.3) is 0 Å². The Balaban J connectivity index is 1.84. The highest BCUT2D eigenvalue weighted by Crippen LogP contribution is 2.29. The summed E-state index contributed by atoms with van der Waals surface area (Å²) < 4.78 is 5.51. The van der Waals surface area contributed by atoms with Gasteiger partial charge in [-0.1, -0.05) is 29.8 Å². The third-order valence-corrected chi connectivity index (χ3v) is 4.63. The summed E-state index contributed by atoms with van der Waals surface area (Å²) in [6, 6.07) is 10.3. The summed E-state index contributed by atoms with van der Waals surface area (Å²) in [5.41, 5.74) is 2.91. The van der Waals surface area contributed by atoms with Crippen LogP contribution in [0.5, 0.6) is 0 Å². The summed E-state index contributed by atoms with van der Waals surface area (Å²) in [5.74, 6) is 1.22. The zero-order chi connectivity index (χ0) is 15.7. The van der Waals surface area contributed by atoms with Crippen molar-refractivity contribution in [1.82, 2.24) is 4.90 Å². The lowest BCUT2D eigenvalue weighted by molar-refractivity contribution is -0.136. The van der Waals surface area contributed by atoms with Gasteiger partial charge in [0.15, 0.2) is 0 Å². The van der Waals surface area contributed by atoms with Gasteiger partial charge in [0.05, 0.1) is 11.7 Å². The lowest BCUT2D eigenvalue weighted by Gasteiger charge is -2.31. The Labute approximate surface area is 131 Å². The highest BCUT2D eigenvalue weighted by Gasteiger charge is 2.34. The standard InChI is InChI=1S/C19H23NO2/c1-14-6-8-16(9-7-14)19(2,3)18(21)20-11-4-5-17-15(13-20)10-12-22-17/h6-10,12H,4-5,11,13H2,1-3H3. The van der Waals surface area contributed by atoms with Crippen LogP contribution in [0.1, 0.15) is 42.7 Å². The highest BCUT2D eigenvalue weighted by atomic mass is 16.3. The van der Waals surface area contributed by atoms with Crippen LogP contribution in [0.4, 0.5) is 0 Å². The van der Waals surface area contributed by atoms with E-state index >= 15 is 0 Å². The minimum Gasteiger partial charge on any atom is -0.469 e. The van der Waals surface area contributed by atoms with Crippen LogP contribution < -0.4 is 0 Å². The van der Waals surface area contributed by atoms with E-state index in [1.807, 2.05) is 24.8 Å². The molecule has 3 heteroatoms. The fraction of sp³-hybridized carbons (Fsp3) is 0.421. The van der Waals surface area contributed by atoms with Gasteiger partial charge in [-0.2, -0.15) is 0 Å². The van der Waals surface area contributed by atoms with Crippen LogP contribution in [0.3, 0.4) is 0 Å². The second-order valence-corrected chi connectivity index (χ2v) is 6.69. The third kappa shape index (κ3) is 2.68. The molecule has 3 rings (SSSR count). The van der Waals surface area contributed by atoms with E-state index < -0.39 is 5.41 Å². The molecule has 0 bridgehead atoms. The molecule has 22 heavy (non-hydrogen) atoms.